The van der Waals surface area contributed by atoms with Crippen LogP contribution in [0.25, 0.3) is 10.8 Å². The van der Waals surface area contributed by atoms with Gasteiger partial charge in [0, 0.05) is 41.8 Å². The molecule has 4 aromatic rings. The molecule has 11 heteroatoms. The topological polar surface area (TPSA) is 123 Å². The number of hydrogen-bond acceptors (Lipinski definition) is 5. The number of fused-ring (bicyclic) bond motifs is 2. The van der Waals surface area contributed by atoms with Gasteiger partial charge in [-0.05, 0) is 60.8 Å². The fourth-order valence-electron chi connectivity index (χ4n) is 5.45. The first-order valence-electron chi connectivity index (χ1n) is 15.1. The lowest BCUT2D eigenvalue weighted by atomic mass is 10.0. The Morgan fingerprint density at radius 3 is 2.46 bits per heavy atom. The number of rotatable bonds is 7. The van der Waals surface area contributed by atoms with Crippen LogP contribution in [0.1, 0.15) is 19.4 Å². The molecule has 1 aliphatic heterocycles. The summed E-state index contributed by atoms with van der Waals surface area (Å²) in [4.78, 5) is 42.7. The van der Waals surface area contributed by atoms with E-state index in [1.54, 1.807) is 42.0 Å². The molecule has 5 rings (SSSR count). The average molecular weight is 628 g/mol. The van der Waals surface area contributed by atoms with E-state index in [0.717, 1.165) is 10.8 Å². The number of nitrogens with zero attached hydrogens (tertiary/aromatic N) is 2. The molecule has 46 heavy (non-hydrogen) atoms. The number of nitrogens with one attached hydrogen (secondary N) is 3. The van der Waals surface area contributed by atoms with Crippen molar-refractivity contribution in [2.24, 2.45) is 5.92 Å². The molecular weight excluding hydrogens is 589 g/mol. The van der Waals surface area contributed by atoms with Crippen LogP contribution in [0.15, 0.2) is 84.9 Å². The molecule has 0 aromatic heterocycles. The van der Waals surface area contributed by atoms with Crippen molar-refractivity contribution >= 4 is 45.8 Å². The number of likely N-dealkylation sites (N-methyl/N-ethyl adjacent to an activating group) is 1. The maximum Gasteiger partial charge on any atom is 0.323 e. The van der Waals surface area contributed by atoms with Crippen LogP contribution in [-0.4, -0.2) is 71.8 Å². The minimum Gasteiger partial charge on any atom is -0.488 e. The quantitative estimate of drug-likeness (QED) is 0.202. The van der Waals surface area contributed by atoms with Gasteiger partial charge in [0.25, 0.3) is 0 Å². The van der Waals surface area contributed by atoms with E-state index >= 15 is 0 Å². The largest absolute Gasteiger partial charge is 0.488 e. The molecule has 3 atom stereocenters. The third-order valence-electron chi connectivity index (χ3n) is 8.11. The van der Waals surface area contributed by atoms with Gasteiger partial charge in [-0.1, -0.05) is 43.3 Å². The highest BCUT2D eigenvalue weighted by Crippen LogP contribution is 2.30. The van der Waals surface area contributed by atoms with Gasteiger partial charge in [-0.3, -0.25) is 4.79 Å². The molecule has 5 amide bonds. The smallest absolute Gasteiger partial charge is 0.323 e. The Morgan fingerprint density at radius 2 is 1.70 bits per heavy atom. The van der Waals surface area contributed by atoms with Gasteiger partial charge < -0.3 is 35.6 Å². The Kier molecular flexibility index (Phi) is 10.0. The fraction of sp³-hybridized carbons (Fsp3) is 0.286. The summed E-state index contributed by atoms with van der Waals surface area (Å²) < 4.78 is 19.8. The Morgan fingerprint density at radius 1 is 1.00 bits per heavy atom. The van der Waals surface area contributed by atoms with Gasteiger partial charge in [0.15, 0.2) is 0 Å². The molecule has 4 aromatic carbocycles. The molecule has 0 aliphatic carbocycles. The summed E-state index contributed by atoms with van der Waals surface area (Å²) in [6, 6.07) is 22.7. The maximum atomic E-state index is 13.5. The lowest BCUT2D eigenvalue weighted by Crippen LogP contribution is -2.48. The van der Waals surface area contributed by atoms with Gasteiger partial charge in [-0.25, -0.2) is 14.0 Å². The van der Waals surface area contributed by atoms with Crippen LogP contribution in [0, 0.1) is 11.7 Å². The van der Waals surface area contributed by atoms with Crippen molar-refractivity contribution < 1.29 is 28.6 Å². The average Bonchev–Trinajstić information content (AvgIpc) is 3.09. The second-order valence-electron chi connectivity index (χ2n) is 11.6. The third-order valence-corrected chi connectivity index (χ3v) is 8.11. The number of carbonyl (C=O) groups excluding carboxylic acids is 3. The van der Waals surface area contributed by atoms with Gasteiger partial charge in [0.05, 0.1) is 31.3 Å². The van der Waals surface area contributed by atoms with Gasteiger partial charge >= 0.3 is 12.1 Å². The van der Waals surface area contributed by atoms with Gasteiger partial charge in [-0.2, -0.15) is 0 Å². The number of benzene rings is 4. The van der Waals surface area contributed by atoms with E-state index in [4.69, 9.17) is 4.74 Å². The lowest BCUT2D eigenvalue weighted by molar-refractivity contribution is -0.134. The normalized spacial score (nSPS) is 17.1. The van der Waals surface area contributed by atoms with E-state index in [9.17, 15) is 23.9 Å². The number of urea groups is 2. The van der Waals surface area contributed by atoms with Crippen molar-refractivity contribution in [1.29, 1.82) is 0 Å². The summed E-state index contributed by atoms with van der Waals surface area (Å²) in [5.41, 5.74) is 2.08. The molecule has 10 nitrogen and oxygen atoms in total. The summed E-state index contributed by atoms with van der Waals surface area (Å²) in [5.74, 6) is -0.372. The van der Waals surface area contributed by atoms with Crippen LogP contribution < -0.4 is 20.7 Å². The van der Waals surface area contributed by atoms with Crippen LogP contribution in [0.5, 0.6) is 5.75 Å². The fourth-order valence-corrected chi connectivity index (χ4v) is 5.45. The summed E-state index contributed by atoms with van der Waals surface area (Å²) in [6.45, 7) is 4.04. The van der Waals surface area contributed by atoms with E-state index in [2.05, 4.69) is 16.0 Å². The second kappa shape index (κ2) is 14.3. The summed E-state index contributed by atoms with van der Waals surface area (Å²) in [5, 5.41) is 20.3. The first-order chi connectivity index (χ1) is 22.1. The minimum atomic E-state index is -0.539. The van der Waals surface area contributed by atoms with E-state index in [0.29, 0.717) is 34.9 Å². The Balaban J connectivity index is 1.36. The molecular formula is C35H38FN5O5. The van der Waals surface area contributed by atoms with Crippen LogP contribution in [0.3, 0.4) is 0 Å². The highest BCUT2D eigenvalue weighted by molar-refractivity contribution is 6.01. The van der Waals surface area contributed by atoms with E-state index in [1.165, 1.54) is 24.3 Å². The Labute approximate surface area is 267 Å². The van der Waals surface area contributed by atoms with Crippen molar-refractivity contribution in [2.75, 3.05) is 42.7 Å². The van der Waals surface area contributed by atoms with E-state index < -0.39 is 24.0 Å². The maximum absolute atomic E-state index is 13.5. The number of hydrogen-bond donors (Lipinski definition) is 4. The summed E-state index contributed by atoms with van der Waals surface area (Å²) in [7, 11) is 1.69. The van der Waals surface area contributed by atoms with E-state index in [1.807, 2.05) is 49.4 Å². The standard InChI is InChI=1S/C35H38FN5O5/c1-22-19-41(23(2)21-42)33(43)18-25-17-28(38-34(44)37-27-13-11-26(36)12-14-27)15-16-31(25)46-32(22)20-40(3)35(45)39-30-10-6-8-24-7-4-5-9-29(24)30/h4-17,22-23,32,42H,18-21H2,1-3H3,(H,39,45)(H2,37,38,44)/t22-,23+,32+/m0/s1. The van der Waals surface area contributed by atoms with Gasteiger partial charge in [-0.15, -0.1) is 0 Å². The molecule has 0 saturated heterocycles. The molecule has 0 saturated carbocycles. The molecule has 0 bridgehead atoms. The predicted molar refractivity (Wildman–Crippen MR) is 177 cm³/mol. The highest BCUT2D eigenvalue weighted by atomic mass is 19.1. The van der Waals surface area contributed by atoms with Gasteiger partial charge in [0.2, 0.25) is 5.91 Å². The first kappa shape index (κ1) is 32.2. The number of anilines is 3. The van der Waals surface area contributed by atoms with Gasteiger partial charge in [0.1, 0.15) is 17.7 Å². The molecule has 4 N–H and O–H groups in total. The zero-order chi connectivity index (χ0) is 32.8. The molecule has 0 radical (unpaired) electrons. The van der Waals surface area contributed by atoms with Crippen molar-refractivity contribution in [2.45, 2.75) is 32.4 Å². The van der Waals surface area contributed by atoms with Crippen LogP contribution >= 0.6 is 0 Å². The monoisotopic (exact) mass is 627 g/mol. The second-order valence-corrected chi connectivity index (χ2v) is 11.6. The van der Waals surface area contributed by atoms with Crippen LogP contribution in [0.2, 0.25) is 0 Å². The minimum absolute atomic E-state index is 0.0222. The molecule has 0 spiro atoms. The Bertz CT molecular complexity index is 1710. The Hall–Kier alpha value is -5.16. The van der Waals surface area contributed by atoms with Crippen molar-refractivity contribution in [1.82, 2.24) is 9.80 Å². The number of amides is 5. The number of halogens is 1. The lowest BCUT2D eigenvalue weighted by Gasteiger charge is -2.34. The summed E-state index contributed by atoms with van der Waals surface area (Å²) in [6.07, 6.45) is -0.534. The first-order valence-corrected chi connectivity index (χ1v) is 15.1. The molecule has 1 heterocycles. The third kappa shape index (κ3) is 7.73. The molecule has 240 valence electrons. The zero-order valence-corrected chi connectivity index (χ0v) is 26.0. The molecule has 1 aliphatic rings. The molecule has 0 fully saturated rings. The molecule has 0 unspecified atom stereocenters. The summed E-state index contributed by atoms with van der Waals surface area (Å²) >= 11 is 0. The SMILES string of the molecule is C[C@H](CO)N1C[C@H](C)[C@@H](CN(C)C(=O)Nc2cccc3ccccc23)Oc2ccc(NC(=O)Nc3ccc(F)cc3)cc2CC1=O. The highest BCUT2D eigenvalue weighted by Gasteiger charge is 2.32. The zero-order valence-electron chi connectivity index (χ0n) is 26.0. The van der Waals surface area contributed by atoms with Crippen molar-refractivity contribution in [3.05, 3.63) is 96.3 Å². The van der Waals surface area contributed by atoms with Crippen LogP contribution in [-0.2, 0) is 11.2 Å². The number of ether oxygens (including phenoxy) is 1. The number of carbonyl (C=O) groups is 3. The van der Waals surface area contributed by atoms with Crippen LogP contribution in [0.4, 0.5) is 31.0 Å². The predicted octanol–water partition coefficient (Wildman–Crippen LogP) is 5.94. The number of aliphatic hydroxyl groups excluding tert-OH is 1. The van der Waals surface area contributed by atoms with Crippen molar-refractivity contribution in [3.8, 4) is 5.75 Å². The van der Waals surface area contributed by atoms with Crippen molar-refractivity contribution in [3.63, 3.8) is 0 Å². The number of aliphatic hydroxyl groups is 1. The van der Waals surface area contributed by atoms with E-state index in [-0.39, 0.29) is 37.4 Å².